The number of carbonyl (C=O) groups is 2. The summed E-state index contributed by atoms with van der Waals surface area (Å²) in [6.07, 6.45) is -4.58. The molecule has 0 heterocycles. The molecule has 2 amide bonds. The molecule has 190 valence electrons. The second-order valence-corrected chi connectivity index (χ2v) is 8.80. The monoisotopic (exact) mass is 564 g/mol. The summed E-state index contributed by atoms with van der Waals surface area (Å²) in [5, 5.41) is 14.6. The van der Waals surface area contributed by atoms with Crippen molar-refractivity contribution in [2.24, 2.45) is 0 Å². The first-order chi connectivity index (χ1) is 17.0. The highest BCUT2D eigenvalue weighted by Gasteiger charge is 2.32. The topological polar surface area (TPSA) is 87.7 Å². The third kappa shape index (κ3) is 6.57. The molecular formula is C26H24BrF3N2O4. The highest BCUT2D eigenvalue weighted by atomic mass is 79.9. The van der Waals surface area contributed by atoms with Gasteiger partial charge in [-0.25, -0.2) is 4.79 Å². The number of aliphatic carboxylic acids is 1. The van der Waals surface area contributed by atoms with E-state index in [1.54, 1.807) is 49.4 Å². The summed E-state index contributed by atoms with van der Waals surface area (Å²) in [5.74, 6) is -0.687. The Labute approximate surface area is 214 Å². The maximum atomic E-state index is 13.6. The third-order valence-electron chi connectivity index (χ3n) is 5.50. The number of hydrogen-bond donors (Lipinski definition) is 3. The van der Waals surface area contributed by atoms with Crippen LogP contribution in [0.1, 0.15) is 36.1 Å². The van der Waals surface area contributed by atoms with Gasteiger partial charge < -0.3 is 20.5 Å². The molecule has 0 aliphatic rings. The van der Waals surface area contributed by atoms with Crippen molar-refractivity contribution in [3.63, 3.8) is 0 Å². The van der Waals surface area contributed by atoms with Crippen LogP contribution in [0.2, 0.25) is 0 Å². The minimum Gasteiger partial charge on any atom is -0.496 e. The Morgan fingerprint density at radius 3 is 2.39 bits per heavy atom. The SMILES string of the molecule is CCC(NC(=O)Nc1ccccc1Br)c1cc(C(F)(F)F)ccc1-c1cc(CC(=O)O)ccc1OC. The molecule has 0 saturated heterocycles. The number of alkyl halides is 3. The zero-order chi connectivity index (χ0) is 26.5. The Morgan fingerprint density at radius 1 is 1.06 bits per heavy atom. The fraction of sp³-hybridized carbons (Fsp3) is 0.231. The van der Waals surface area contributed by atoms with E-state index in [1.807, 2.05) is 0 Å². The molecule has 36 heavy (non-hydrogen) atoms. The van der Waals surface area contributed by atoms with Crippen LogP contribution in [0.25, 0.3) is 11.1 Å². The molecular weight excluding hydrogens is 541 g/mol. The van der Waals surface area contributed by atoms with Crippen LogP contribution < -0.4 is 15.4 Å². The normalized spacial score (nSPS) is 12.1. The number of urea groups is 1. The first kappa shape index (κ1) is 27.1. The summed E-state index contributed by atoms with van der Waals surface area (Å²) < 4.78 is 46.9. The minimum absolute atomic E-state index is 0.223. The van der Waals surface area contributed by atoms with Crippen LogP contribution >= 0.6 is 15.9 Å². The van der Waals surface area contributed by atoms with Gasteiger partial charge >= 0.3 is 18.2 Å². The van der Waals surface area contributed by atoms with Crippen molar-refractivity contribution in [1.82, 2.24) is 5.32 Å². The van der Waals surface area contributed by atoms with Gasteiger partial charge in [0.1, 0.15) is 5.75 Å². The van der Waals surface area contributed by atoms with Gasteiger partial charge in [0.25, 0.3) is 0 Å². The summed E-state index contributed by atoms with van der Waals surface area (Å²) >= 11 is 3.34. The van der Waals surface area contributed by atoms with E-state index < -0.39 is 29.8 Å². The van der Waals surface area contributed by atoms with Crippen LogP contribution in [0, 0.1) is 0 Å². The molecule has 3 aromatic rings. The van der Waals surface area contributed by atoms with E-state index in [-0.39, 0.29) is 18.4 Å². The summed E-state index contributed by atoms with van der Waals surface area (Å²) in [4.78, 5) is 24.0. The molecule has 0 fully saturated rings. The number of rotatable bonds is 8. The Bertz CT molecular complexity index is 1260. The lowest BCUT2D eigenvalue weighted by atomic mass is 9.90. The first-order valence-corrected chi connectivity index (χ1v) is 11.7. The molecule has 3 aromatic carbocycles. The maximum absolute atomic E-state index is 13.6. The van der Waals surface area contributed by atoms with E-state index in [4.69, 9.17) is 4.74 Å². The van der Waals surface area contributed by atoms with E-state index in [9.17, 15) is 27.9 Å². The van der Waals surface area contributed by atoms with Gasteiger partial charge in [0.05, 0.1) is 30.8 Å². The number of ether oxygens (including phenoxy) is 1. The Balaban J connectivity index is 2.08. The van der Waals surface area contributed by atoms with Crippen LogP contribution in [0.5, 0.6) is 5.75 Å². The molecule has 0 aromatic heterocycles. The summed E-state index contributed by atoms with van der Waals surface area (Å²) in [6, 6.07) is 13.6. The molecule has 0 bridgehead atoms. The van der Waals surface area contributed by atoms with Gasteiger partial charge in [-0.3, -0.25) is 4.79 Å². The third-order valence-corrected chi connectivity index (χ3v) is 6.19. The summed E-state index contributed by atoms with van der Waals surface area (Å²) in [7, 11) is 1.42. The van der Waals surface area contributed by atoms with Gasteiger partial charge in [0.2, 0.25) is 0 Å². The van der Waals surface area contributed by atoms with Crippen LogP contribution in [0.15, 0.2) is 65.1 Å². The van der Waals surface area contributed by atoms with Crippen LogP contribution in [-0.4, -0.2) is 24.2 Å². The van der Waals surface area contributed by atoms with E-state index >= 15 is 0 Å². The van der Waals surface area contributed by atoms with E-state index in [0.29, 0.717) is 32.6 Å². The van der Waals surface area contributed by atoms with Gasteiger partial charge in [0, 0.05) is 10.0 Å². The van der Waals surface area contributed by atoms with Crippen molar-refractivity contribution in [3.8, 4) is 16.9 Å². The van der Waals surface area contributed by atoms with Crippen LogP contribution in [0.3, 0.4) is 0 Å². The Hall–Kier alpha value is -3.53. The largest absolute Gasteiger partial charge is 0.496 e. The molecule has 1 atom stereocenters. The number of carboxylic acids is 1. The average molecular weight is 565 g/mol. The van der Waals surface area contributed by atoms with Gasteiger partial charge in [0.15, 0.2) is 0 Å². The molecule has 0 radical (unpaired) electrons. The molecule has 3 rings (SSSR count). The summed E-state index contributed by atoms with van der Waals surface area (Å²) in [5.41, 5.74) is 1.12. The second kappa shape index (κ2) is 11.5. The number of carbonyl (C=O) groups excluding carboxylic acids is 1. The fourth-order valence-electron chi connectivity index (χ4n) is 3.80. The maximum Gasteiger partial charge on any atom is 0.416 e. The Morgan fingerprint density at radius 2 is 1.78 bits per heavy atom. The second-order valence-electron chi connectivity index (χ2n) is 7.94. The number of halogens is 4. The lowest BCUT2D eigenvalue weighted by Crippen LogP contribution is -2.33. The molecule has 0 aliphatic carbocycles. The predicted molar refractivity (Wildman–Crippen MR) is 134 cm³/mol. The highest BCUT2D eigenvalue weighted by Crippen LogP contribution is 2.40. The van der Waals surface area contributed by atoms with Gasteiger partial charge in [-0.05, 0) is 75.4 Å². The number of methoxy groups -OCH3 is 1. The number of carboxylic acid groups (broad SMARTS) is 1. The van der Waals surface area contributed by atoms with Crippen molar-refractivity contribution < 1.29 is 32.6 Å². The fourth-order valence-corrected chi connectivity index (χ4v) is 4.19. The van der Waals surface area contributed by atoms with Crippen molar-refractivity contribution in [2.45, 2.75) is 32.0 Å². The van der Waals surface area contributed by atoms with E-state index in [1.165, 1.54) is 13.2 Å². The number of hydrogen-bond acceptors (Lipinski definition) is 3. The molecule has 10 heteroatoms. The lowest BCUT2D eigenvalue weighted by Gasteiger charge is -2.24. The summed E-state index contributed by atoms with van der Waals surface area (Å²) in [6.45, 7) is 1.74. The van der Waals surface area contributed by atoms with Crippen LogP contribution in [-0.2, 0) is 17.4 Å². The molecule has 3 N–H and O–H groups in total. The number of nitrogens with one attached hydrogen (secondary N) is 2. The van der Waals surface area contributed by atoms with Crippen LogP contribution in [0.4, 0.5) is 23.7 Å². The number of amides is 2. The zero-order valence-corrected chi connectivity index (χ0v) is 21.0. The van der Waals surface area contributed by atoms with E-state index in [2.05, 4.69) is 26.6 Å². The standard InChI is InChI=1S/C26H24BrF3N2O4/c1-3-21(31-25(35)32-22-7-5-4-6-20(22)27)18-14-16(26(28,29)30)9-10-17(18)19-12-15(13-24(33)34)8-11-23(19)36-2/h4-12,14,21H,3,13H2,1-2H3,(H,33,34)(H2,31,32,35). The lowest BCUT2D eigenvalue weighted by molar-refractivity contribution is -0.138. The predicted octanol–water partition coefficient (Wildman–Crippen LogP) is 7.04. The number of benzene rings is 3. The molecule has 1 unspecified atom stereocenters. The average Bonchev–Trinajstić information content (AvgIpc) is 2.82. The smallest absolute Gasteiger partial charge is 0.416 e. The van der Waals surface area contributed by atoms with Crippen molar-refractivity contribution in [3.05, 3.63) is 81.8 Å². The molecule has 6 nitrogen and oxygen atoms in total. The van der Waals surface area contributed by atoms with Gasteiger partial charge in [-0.15, -0.1) is 0 Å². The van der Waals surface area contributed by atoms with Crippen molar-refractivity contribution in [2.75, 3.05) is 12.4 Å². The van der Waals surface area contributed by atoms with Crippen molar-refractivity contribution in [1.29, 1.82) is 0 Å². The highest BCUT2D eigenvalue weighted by molar-refractivity contribution is 9.10. The van der Waals surface area contributed by atoms with Gasteiger partial charge in [-0.2, -0.15) is 13.2 Å². The quantitative estimate of drug-likeness (QED) is 0.273. The van der Waals surface area contributed by atoms with Gasteiger partial charge in [-0.1, -0.05) is 31.2 Å². The molecule has 0 spiro atoms. The first-order valence-electron chi connectivity index (χ1n) is 11.0. The molecule has 0 aliphatic heterocycles. The molecule has 0 saturated carbocycles. The van der Waals surface area contributed by atoms with Crippen molar-refractivity contribution >= 4 is 33.6 Å². The Kier molecular flexibility index (Phi) is 8.62. The zero-order valence-electron chi connectivity index (χ0n) is 19.4. The minimum atomic E-state index is -4.60. The van der Waals surface area contributed by atoms with E-state index in [0.717, 1.165) is 12.1 Å². The number of anilines is 1. The number of para-hydroxylation sites is 1.